The van der Waals surface area contributed by atoms with E-state index in [1.165, 1.54) is 5.56 Å². The molecule has 1 heterocycles. The Hall–Kier alpha value is -0.830. The molecule has 124 valence electrons. The summed E-state index contributed by atoms with van der Waals surface area (Å²) in [5.41, 5.74) is 1.18. The van der Waals surface area contributed by atoms with Gasteiger partial charge < -0.3 is 10.6 Å². The Morgan fingerprint density at radius 1 is 1.36 bits per heavy atom. The normalized spacial score (nSPS) is 21.7. The van der Waals surface area contributed by atoms with Crippen LogP contribution in [0.2, 0.25) is 0 Å². The molecule has 1 saturated heterocycles. The van der Waals surface area contributed by atoms with Crippen molar-refractivity contribution in [3.05, 3.63) is 35.9 Å². The van der Waals surface area contributed by atoms with Gasteiger partial charge in [-0.05, 0) is 24.8 Å². The second kappa shape index (κ2) is 8.71. The number of guanidine groups is 1. The molecule has 0 aliphatic carbocycles. The highest BCUT2D eigenvalue weighted by atomic mass is 127. The third kappa shape index (κ3) is 5.75. The SMILES string of the molecule is CN=C(NCC1CCS(=O)(=O)C1)NC(C)c1ccccc1.I. The predicted molar refractivity (Wildman–Crippen MR) is 102 cm³/mol. The summed E-state index contributed by atoms with van der Waals surface area (Å²) < 4.78 is 22.9. The topological polar surface area (TPSA) is 70.6 Å². The molecule has 0 aromatic heterocycles. The zero-order valence-electron chi connectivity index (χ0n) is 13.0. The minimum atomic E-state index is -2.82. The summed E-state index contributed by atoms with van der Waals surface area (Å²) in [6.45, 7) is 2.71. The van der Waals surface area contributed by atoms with E-state index in [2.05, 4.69) is 34.7 Å². The standard InChI is InChI=1S/C15H23N3O2S.HI/c1-12(14-6-4-3-5-7-14)18-15(16-2)17-10-13-8-9-21(19,20)11-13;/h3-7,12-13H,8-11H2,1-2H3,(H2,16,17,18);1H. The Bertz CT molecular complexity index is 590. The molecule has 7 heteroatoms. The molecule has 1 aromatic carbocycles. The van der Waals surface area contributed by atoms with E-state index in [1.54, 1.807) is 7.05 Å². The van der Waals surface area contributed by atoms with Crippen molar-refractivity contribution in [2.75, 3.05) is 25.1 Å². The van der Waals surface area contributed by atoms with Crippen LogP contribution < -0.4 is 10.6 Å². The van der Waals surface area contributed by atoms with Crippen molar-refractivity contribution >= 4 is 39.8 Å². The minimum absolute atomic E-state index is 0. The van der Waals surface area contributed by atoms with E-state index in [0.717, 1.165) is 6.42 Å². The lowest BCUT2D eigenvalue weighted by molar-refractivity contribution is 0.562. The van der Waals surface area contributed by atoms with Gasteiger partial charge in [0.2, 0.25) is 0 Å². The van der Waals surface area contributed by atoms with Crippen LogP contribution in [0.15, 0.2) is 35.3 Å². The molecular weight excluding hydrogens is 413 g/mol. The van der Waals surface area contributed by atoms with E-state index in [4.69, 9.17) is 0 Å². The van der Waals surface area contributed by atoms with E-state index >= 15 is 0 Å². The van der Waals surface area contributed by atoms with Crippen molar-refractivity contribution in [1.29, 1.82) is 0 Å². The smallest absolute Gasteiger partial charge is 0.191 e. The van der Waals surface area contributed by atoms with Gasteiger partial charge in [-0.3, -0.25) is 4.99 Å². The maximum atomic E-state index is 11.4. The second-order valence-corrected chi connectivity index (χ2v) is 7.73. The van der Waals surface area contributed by atoms with Crippen molar-refractivity contribution < 1.29 is 8.42 Å². The first kappa shape index (κ1) is 19.2. The summed E-state index contributed by atoms with van der Waals surface area (Å²) in [6.07, 6.45) is 0.737. The van der Waals surface area contributed by atoms with Crippen LogP contribution in [0.1, 0.15) is 24.9 Å². The van der Waals surface area contributed by atoms with Gasteiger partial charge in [0.15, 0.2) is 15.8 Å². The lowest BCUT2D eigenvalue weighted by Gasteiger charge is -2.19. The molecule has 0 saturated carbocycles. The summed E-state index contributed by atoms with van der Waals surface area (Å²) in [7, 11) is -1.10. The molecule has 2 unspecified atom stereocenters. The van der Waals surface area contributed by atoms with E-state index < -0.39 is 9.84 Å². The molecule has 1 aliphatic rings. The first-order valence-corrected chi connectivity index (χ1v) is 9.05. The maximum Gasteiger partial charge on any atom is 0.191 e. The van der Waals surface area contributed by atoms with Gasteiger partial charge in [-0.1, -0.05) is 30.3 Å². The van der Waals surface area contributed by atoms with Gasteiger partial charge in [-0.2, -0.15) is 0 Å². The van der Waals surface area contributed by atoms with Crippen molar-refractivity contribution in [1.82, 2.24) is 10.6 Å². The molecule has 1 aromatic rings. The molecule has 2 rings (SSSR count). The molecule has 22 heavy (non-hydrogen) atoms. The quantitative estimate of drug-likeness (QED) is 0.430. The monoisotopic (exact) mass is 437 g/mol. The van der Waals surface area contributed by atoms with Crippen LogP contribution in [0.4, 0.5) is 0 Å². The number of halogens is 1. The van der Waals surface area contributed by atoms with Gasteiger partial charge in [0, 0.05) is 13.6 Å². The molecular formula is C15H24IN3O2S. The number of benzene rings is 1. The molecule has 0 radical (unpaired) electrons. The highest BCUT2D eigenvalue weighted by Gasteiger charge is 2.27. The van der Waals surface area contributed by atoms with Crippen molar-refractivity contribution in [2.24, 2.45) is 10.9 Å². The minimum Gasteiger partial charge on any atom is -0.356 e. The predicted octanol–water partition coefficient (Wildman–Crippen LogP) is 1.97. The van der Waals surface area contributed by atoms with Crippen molar-refractivity contribution in [3.8, 4) is 0 Å². The summed E-state index contributed by atoms with van der Waals surface area (Å²) in [6, 6.07) is 10.3. The average molecular weight is 437 g/mol. The first-order chi connectivity index (χ1) is 10.00. The zero-order chi connectivity index (χ0) is 15.3. The summed E-state index contributed by atoms with van der Waals surface area (Å²) in [4.78, 5) is 4.20. The highest BCUT2D eigenvalue weighted by Crippen LogP contribution is 2.17. The fourth-order valence-electron chi connectivity index (χ4n) is 2.50. The van der Waals surface area contributed by atoms with Crippen LogP contribution in [0.3, 0.4) is 0 Å². The summed E-state index contributed by atoms with van der Waals surface area (Å²) in [5.74, 6) is 1.48. The lowest BCUT2D eigenvalue weighted by Crippen LogP contribution is -2.41. The average Bonchev–Trinajstić information content (AvgIpc) is 2.83. The number of rotatable bonds is 4. The third-order valence-electron chi connectivity index (χ3n) is 3.76. The number of hydrogen-bond acceptors (Lipinski definition) is 3. The zero-order valence-corrected chi connectivity index (χ0v) is 16.1. The molecule has 5 nitrogen and oxygen atoms in total. The van der Waals surface area contributed by atoms with Gasteiger partial charge in [0.05, 0.1) is 17.5 Å². The largest absolute Gasteiger partial charge is 0.356 e. The molecule has 2 N–H and O–H groups in total. The van der Waals surface area contributed by atoms with Gasteiger partial charge in [-0.15, -0.1) is 24.0 Å². The number of nitrogens with zero attached hydrogens (tertiary/aromatic N) is 1. The van der Waals surface area contributed by atoms with Crippen LogP contribution in [-0.2, 0) is 9.84 Å². The molecule has 0 amide bonds. The Morgan fingerprint density at radius 2 is 2.05 bits per heavy atom. The lowest BCUT2D eigenvalue weighted by atomic mass is 10.1. The third-order valence-corrected chi connectivity index (χ3v) is 5.60. The van der Waals surface area contributed by atoms with E-state index in [-0.39, 0.29) is 41.7 Å². The number of nitrogens with one attached hydrogen (secondary N) is 2. The highest BCUT2D eigenvalue weighted by molar-refractivity contribution is 14.0. The first-order valence-electron chi connectivity index (χ1n) is 7.23. The fourth-order valence-corrected chi connectivity index (χ4v) is 4.36. The fraction of sp³-hybridized carbons (Fsp3) is 0.533. The Morgan fingerprint density at radius 3 is 2.59 bits per heavy atom. The van der Waals surface area contributed by atoms with Gasteiger partial charge >= 0.3 is 0 Å². The van der Waals surface area contributed by atoms with Gasteiger partial charge in [0.1, 0.15) is 0 Å². The van der Waals surface area contributed by atoms with Gasteiger partial charge in [0.25, 0.3) is 0 Å². The van der Waals surface area contributed by atoms with Crippen LogP contribution >= 0.6 is 24.0 Å². The summed E-state index contributed by atoms with van der Waals surface area (Å²) >= 11 is 0. The molecule has 0 bridgehead atoms. The Balaban J connectivity index is 0.00000242. The molecule has 1 fully saturated rings. The van der Waals surface area contributed by atoms with Crippen molar-refractivity contribution in [2.45, 2.75) is 19.4 Å². The Kier molecular flexibility index (Phi) is 7.61. The van der Waals surface area contributed by atoms with Crippen LogP contribution in [0.5, 0.6) is 0 Å². The molecule has 1 aliphatic heterocycles. The van der Waals surface area contributed by atoms with Crippen LogP contribution in [0, 0.1) is 5.92 Å². The molecule has 0 spiro atoms. The number of aliphatic imine (C=N–C) groups is 1. The van der Waals surface area contributed by atoms with E-state index in [1.807, 2.05) is 18.2 Å². The number of sulfone groups is 1. The van der Waals surface area contributed by atoms with Crippen molar-refractivity contribution in [3.63, 3.8) is 0 Å². The Labute approximate surface area is 149 Å². The van der Waals surface area contributed by atoms with Gasteiger partial charge in [-0.25, -0.2) is 8.42 Å². The maximum absolute atomic E-state index is 11.4. The number of hydrogen-bond donors (Lipinski definition) is 2. The second-order valence-electron chi connectivity index (χ2n) is 5.50. The summed E-state index contributed by atoms with van der Waals surface area (Å²) in [5, 5.41) is 6.54. The van der Waals surface area contributed by atoms with Crippen LogP contribution in [0.25, 0.3) is 0 Å². The van der Waals surface area contributed by atoms with E-state index in [9.17, 15) is 8.42 Å². The van der Waals surface area contributed by atoms with E-state index in [0.29, 0.717) is 18.3 Å². The molecule has 2 atom stereocenters. The van der Waals surface area contributed by atoms with Crippen LogP contribution in [-0.4, -0.2) is 39.5 Å².